The fraction of sp³-hybridized carbons (Fsp3) is 0.714. The Balaban J connectivity index is 2.22. The van der Waals surface area contributed by atoms with Crippen molar-refractivity contribution < 1.29 is 0 Å². The van der Waals surface area contributed by atoms with Gasteiger partial charge >= 0.3 is 0 Å². The third-order valence-corrected chi connectivity index (χ3v) is 4.28. The second-order valence-corrected chi connectivity index (χ2v) is 6.17. The summed E-state index contributed by atoms with van der Waals surface area (Å²) in [6.07, 6.45) is 5.37. The van der Waals surface area contributed by atoms with E-state index in [4.69, 9.17) is 16.6 Å². The topological polar surface area (TPSA) is 35.6 Å². The van der Waals surface area contributed by atoms with Crippen molar-refractivity contribution in [2.75, 3.05) is 5.88 Å². The van der Waals surface area contributed by atoms with Gasteiger partial charge in [0.15, 0.2) is 5.65 Å². The van der Waals surface area contributed by atoms with Crippen LogP contribution in [0, 0.1) is 0 Å². The summed E-state index contributed by atoms with van der Waals surface area (Å²) >= 11 is 5.94. The minimum Gasteiger partial charge on any atom is -0.307 e. The zero-order valence-electron chi connectivity index (χ0n) is 11.9. The monoisotopic (exact) mass is 280 g/mol. The van der Waals surface area contributed by atoms with Gasteiger partial charge in [-0.1, -0.05) is 13.3 Å². The number of imidazole rings is 1. The maximum atomic E-state index is 5.94. The molecular weight excluding hydrogens is 260 g/mol. The first-order valence-electron chi connectivity index (χ1n) is 7.10. The molecular formula is C14H21ClN4. The van der Waals surface area contributed by atoms with Crippen LogP contribution in [0.15, 0.2) is 0 Å². The standard InChI is InChI=1S/C14H21ClN4/c1-4-5-10-12-13(18(3)17-10)19(14(2)7-8-14)11(16-12)6-9-15/h4-9H2,1-3H3. The highest BCUT2D eigenvalue weighted by Crippen LogP contribution is 2.45. The van der Waals surface area contributed by atoms with Crippen LogP contribution in [0.2, 0.25) is 0 Å². The first kappa shape index (κ1) is 13.0. The maximum Gasteiger partial charge on any atom is 0.159 e. The first-order chi connectivity index (χ1) is 9.10. The normalized spacial score (nSPS) is 17.3. The van der Waals surface area contributed by atoms with Crippen molar-refractivity contribution >= 4 is 22.8 Å². The van der Waals surface area contributed by atoms with Crippen LogP contribution >= 0.6 is 11.6 Å². The van der Waals surface area contributed by atoms with Gasteiger partial charge in [-0.15, -0.1) is 11.6 Å². The molecule has 0 amide bonds. The minimum absolute atomic E-state index is 0.230. The summed E-state index contributed by atoms with van der Waals surface area (Å²) in [6, 6.07) is 0. The highest BCUT2D eigenvalue weighted by atomic mass is 35.5. The van der Waals surface area contributed by atoms with Crippen molar-refractivity contribution in [1.82, 2.24) is 19.3 Å². The molecule has 1 saturated carbocycles. The number of fused-ring (bicyclic) bond motifs is 1. The van der Waals surface area contributed by atoms with Crippen molar-refractivity contribution in [3.8, 4) is 0 Å². The van der Waals surface area contributed by atoms with Gasteiger partial charge < -0.3 is 4.57 Å². The smallest absolute Gasteiger partial charge is 0.159 e. The largest absolute Gasteiger partial charge is 0.307 e. The number of aryl methyl sites for hydroxylation is 3. The van der Waals surface area contributed by atoms with Crippen LogP contribution in [0.4, 0.5) is 0 Å². The van der Waals surface area contributed by atoms with Gasteiger partial charge in [-0.25, -0.2) is 4.98 Å². The number of rotatable bonds is 5. The Morgan fingerprint density at radius 3 is 2.63 bits per heavy atom. The van der Waals surface area contributed by atoms with Crippen LogP contribution in [-0.4, -0.2) is 25.2 Å². The van der Waals surface area contributed by atoms with Crippen LogP contribution < -0.4 is 0 Å². The van der Waals surface area contributed by atoms with E-state index in [0.29, 0.717) is 5.88 Å². The quantitative estimate of drug-likeness (QED) is 0.789. The van der Waals surface area contributed by atoms with Crippen molar-refractivity contribution in [2.45, 2.75) is 51.5 Å². The molecule has 1 aliphatic rings. The van der Waals surface area contributed by atoms with Gasteiger partial charge in [0.2, 0.25) is 0 Å². The van der Waals surface area contributed by atoms with Crippen molar-refractivity contribution in [1.29, 1.82) is 0 Å². The fourth-order valence-electron chi connectivity index (χ4n) is 2.85. The predicted octanol–water partition coefficient (Wildman–Crippen LogP) is 3.01. The third-order valence-electron chi connectivity index (χ3n) is 4.09. The van der Waals surface area contributed by atoms with E-state index >= 15 is 0 Å². The fourth-order valence-corrected chi connectivity index (χ4v) is 3.02. The zero-order valence-corrected chi connectivity index (χ0v) is 12.7. The molecule has 0 aliphatic heterocycles. The lowest BCUT2D eigenvalue weighted by Gasteiger charge is -2.15. The number of halogens is 1. The molecule has 0 N–H and O–H groups in total. The second-order valence-electron chi connectivity index (χ2n) is 5.79. The summed E-state index contributed by atoms with van der Waals surface area (Å²) in [5.41, 5.74) is 3.60. The van der Waals surface area contributed by atoms with Gasteiger partial charge in [0.1, 0.15) is 11.3 Å². The molecule has 1 aliphatic carbocycles. The van der Waals surface area contributed by atoms with E-state index in [1.807, 2.05) is 11.7 Å². The highest BCUT2D eigenvalue weighted by Gasteiger charge is 2.42. The van der Waals surface area contributed by atoms with Gasteiger partial charge in [0.25, 0.3) is 0 Å². The van der Waals surface area contributed by atoms with Crippen molar-refractivity contribution in [3.05, 3.63) is 11.5 Å². The van der Waals surface area contributed by atoms with E-state index in [9.17, 15) is 0 Å². The van der Waals surface area contributed by atoms with Crippen molar-refractivity contribution in [2.24, 2.45) is 7.05 Å². The molecule has 0 saturated heterocycles. The van der Waals surface area contributed by atoms with Gasteiger partial charge in [-0.2, -0.15) is 5.10 Å². The molecule has 2 aromatic heterocycles. The lowest BCUT2D eigenvalue weighted by molar-refractivity contribution is 0.511. The molecule has 0 spiro atoms. The average molecular weight is 281 g/mol. The molecule has 4 nitrogen and oxygen atoms in total. The van der Waals surface area contributed by atoms with Gasteiger partial charge in [-0.3, -0.25) is 4.68 Å². The van der Waals surface area contributed by atoms with E-state index in [-0.39, 0.29) is 5.54 Å². The van der Waals surface area contributed by atoms with E-state index < -0.39 is 0 Å². The Morgan fingerprint density at radius 2 is 2.05 bits per heavy atom. The van der Waals surface area contributed by atoms with E-state index in [0.717, 1.165) is 36.3 Å². The Kier molecular flexibility index (Phi) is 3.08. The van der Waals surface area contributed by atoms with Crippen LogP contribution in [-0.2, 0) is 25.4 Å². The van der Waals surface area contributed by atoms with Gasteiger partial charge in [0.05, 0.1) is 5.69 Å². The van der Waals surface area contributed by atoms with Gasteiger partial charge in [-0.05, 0) is 26.2 Å². The Labute approximate surface area is 118 Å². The third kappa shape index (κ3) is 1.97. The molecule has 19 heavy (non-hydrogen) atoms. The summed E-state index contributed by atoms with van der Waals surface area (Å²) in [4.78, 5) is 4.84. The summed E-state index contributed by atoms with van der Waals surface area (Å²) in [5.74, 6) is 1.74. The van der Waals surface area contributed by atoms with E-state index in [1.54, 1.807) is 0 Å². The zero-order chi connectivity index (χ0) is 13.6. The Hall–Kier alpha value is -1.03. The summed E-state index contributed by atoms with van der Waals surface area (Å²) in [6.45, 7) is 4.48. The molecule has 104 valence electrons. The summed E-state index contributed by atoms with van der Waals surface area (Å²) < 4.78 is 4.38. The number of nitrogens with zero attached hydrogens (tertiary/aromatic N) is 4. The molecule has 0 unspecified atom stereocenters. The molecule has 5 heteroatoms. The number of hydrogen-bond donors (Lipinski definition) is 0. The van der Waals surface area contributed by atoms with Crippen molar-refractivity contribution in [3.63, 3.8) is 0 Å². The SMILES string of the molecule is CCCc1nn(C)c2c1nc(CCCl)n2C1(C)CC1. The van der Waals surface area contributed by atoms with E-state index in [2.05, 4.69) is 23.5 Å². The van der Waals surface area contributed by atoms with E-state index in [1.165, 1.54) is 18.5 Å². The molecule has 0 atom stereocenters. The molecule has 0 bridgehead atoms. The summed E-state index contributed by atoms with van der Waals surface area (Å²) in [5, 5.41) is 4.64. The van der Waals surface area contributed by atoms with Crippen LogP contribution in [0.25, 0.3) is 11.2 Å². The van der Waals surface area contributed by atoms with Crippen LogP contribution in [0.5, 0.6) is 0 Å². The average Bonchev–Trinajstić information content (AvgIpc) is 2.87. The molecule has 0 radical (unpaired) electrons. The van der Waals surface area contributed by atoms with Crippen LogP contribution in [0.3, 0.4) is 0 Å². The molecule has 2 aromatic rings. The predicted molar refractivity (Wildman–Crippen MR) is 77.8 cm³/mol. The molecule has 1 fully saturated rings. The highest BCUT2D eigenvalue weighted by molar-refractivity contribution is 6.17. The first-order valence-corrected chi connectivity index (χ1v) is 7.64. The minimum atomic E-state index is 0.230. The lowest BCUT2D eigenvalue weighted by atomic mass is 10.2. The lowest BCUT2D eigenvalue weighted by Crippen LogP contribution is -2.18. The Morgan fingerprint density at radius 1 is 1.32 bits per heavy atom. The molecule has 2 heterocycles. The maximum absolute atomic E-state index is 5.94. The van der Waals surface area contributed by atoms with Crippen LogP contribution in [0.1, 0.15) is 44.6 Å². The Bertz CT molecular complexity index is 607. The number of aromatic nitrogens is 4. The van der Waals surface area contributed by atoms with Gasteiger partial charge in [0, 0.05) is 24.9 Å². The molecule has 3 rings (SSSR count). The second kappa shape index (κ2) is 4.51. The summed E-state index contributed by atoms with van der Waals surface area (Å²) in [7, 11) is 2.02. The number of alkyl halides is 1. The number of hydrogen-bond acceptors (Lipinski definition) is 2. The molecule has 0 aromatic carbocycles.